The van der Waals surface area contributed by atoms with E-state index in [9.17, 15) is 8.42 Å². The van der Waals surface area contributed by atoms with Gasteiger partial charge in [0, 0.05) is 38.8 Å². The predicted octanol–water partition coefficient (Wildman–Crippen LogP) is 0.0795. The molecular weight excluding hydrogens is 238 g/mol. The standard InChI is InChI=1S/C11H25N3O2S/c1-4-10(2)13-5-7-14(8-6-13)17(15,16)11(3)9-12/h10-11H,4-9,12H2,1-3H3. The first kappa shape index (κ1) is 14.9. The van der Waals surface area contributed by atoms with Crippen LogP contribution in [0.15, 0.2) is 0 Å². The van der Waals surface area contributed by atoms with Crippen LogP contribution < -0.4 is 5.73 Å². The smallest absolute Gasteiger partial charge is 0.218 e. The van der Waals surface area contributed by atoms with Crippen LogP contribution in [0.4, 0.5) is 0 Å². The Morgan fingerprint density at radius 2 is 1.71 bits per heavy atom. The van der Waals surface area contributed by atoms with Crippen LogP contribution >= 0.6 is 0 Å². The lowest BCUT2D eigenvalue weighted by Crippen LogP contribution is -2.53. The van der Waals surface area contributed by atoms with Gasteiger partial charge in [-0.25, -0.2) is 8.42 Å². The Hall–Kier alpha value is -0.170. The summed E-state index contributed by atoms with van der Waals surface area (Å²) in [5, 5.41) is -0.474. The third-order valence-electron chi connectivity index (χ3n) is 3.69. The predicted molar refractivity (Wildman–Crippen MR) is 70.3 cm³/mol. The molecule has 0 bridgehead atoms. The Morgan fingerprint density at radius 3 is 2.12 bits per heavy atom. The second kappa shape index (κ2) is 6.13. The van der Waals surface area contributed by atoms with Gasteiger partial charge in [-0.3, -0.25) is 4.90 Å². The summed E-state index contributed by atoms with van der Waals surface area (Å²) in [6.45, 7) is 9.05. The summed E-state index contributed by atoms with van der Waals surface area (Å²) < 4.78 is 25.8. The average Bonchev–Trinajstić information content (AvgIpc) is 2.36. The van der Waals surface area contributed by atoms with Crippen LogP contribution in [-0.2, 0) is 10.0 Å². The highest BCUT2D eigenvalue weighted by Crippen LogP contribution is 2.14. The monoisotopic (exact) mass is 263 g/mol. The molecular formula is C11H25N3O2S. The zero-order chi connectivity index (χ0) is 13.1. The third kappa shape index (κ3) is 3.40. The Balaban J connectivity index is 2.58. The molecule has 1 rings (SSSR count). The number of hydrogen-bond donors (Lipinski definition) is 1. The summed E-state index contributed by atoms with van der Waals surface area (Å²) in [7, 11) is -3.19. The molecule has 6 heteroatoms. The summed E-state index contributed by atoms with van der Waals surface area (Å²) in [6, 6.07) is 0.534. The van der Waals surface area contributed by atoms with E-state index in [-0.39, 0.29) is 6.54 Å². The van der Waals surface area contributed by atoms with E-state index >= 15 is 0 Å². The van der Waals surface area contributed by atoms with E-state index in [1.165, 1.54) is 0 Å². The van der Waals surface area contributed by atoms with Crippen molar-refractivity contribution in [2.45, 2.75) is 38.5 Å². The van der Waals surface area contributed by atoms with E-state index in [0.717, 1.165) is 19.5 Å². The fourth-order valence-corrected chi connectivity index (χ4v) is 3.46. The van der Waals surface area contributed by atoms with Crippen molar-refractivity contribution in [2.24, 2.45) is 5.73 Å². The van der Waals surface area contributed by atoms with Crippen molar-refractivity contribution < 1.29 is 8.42 Å². The fourth-order valence-electron chi connectivity index (χ4n) is 2.03. The van der Waals surface area contributed by atoms with Crippen LogP contribution in [0.1, 0.15) is 27.2 Å². The summed E-state index contributed by atoms with van der Waals surface area (Å²) in [4.78, 5) is 2.35. The molecule has 0 radical (unpaired) electrons. The van der Waals surface area contributed by atoms with Gasteiger partial charge < -0.3 is 5.73 Å². The first-order chi connectivity index (χ1) is 7.93. The lowest BCUT2D eigenvalue weighted by Gasteiger charge is -2.38. The lowest BCUT2D eigenvalue weighted by atomic mass is 10.2. The number of nitrogens with zero attached hydrogens (tertiary/aromatic N) is 2. The van der Waals surface area contributed by atoms with Gasteiger partial charge in [-0.15, -0.1) is 0 Å². The molecule has 5 nitrogen and oxygen atoms in total. The first-order valence-corrected chi connectivity index (χ1v) is 7.86. The van der Waals surface area contributed by atoms with Crippen molar-refractivity contribution in [1.82, 2.24) is 9.21 Å². The largest absolute Gasteiger partial charge is 0.329 e. The minimum Gasteiger partial charge on any atom is -0.329 e. The Labute approximate surface area is 105 Å². The molecule has 1 fully saturated rings. The fraction of sp³-hybridized carbons (Fsp3) is 1.00. The van der Waals surface area contributed by atoms with Crippen LogP contribution in [0.3, 0.4) is 0 Å². The van der Waals surface area contributed by atoms with Crippen LogP contribution in [0.25, 0.3) is 0 Å². The maximum Gasteiger partial charge on any atom is 0.218 e. The van der Waals surface area contributed by atoms with Crippen LogP contribution in [0.5, 0.6) is 0 Å². The average molecular weight is 263 g/mol. The van der Waals surface area contributed by atoms with E-state index in [0.29, 0.717) is 19.1 Å². The Kier molecular flexibility index (Phi) is 5.37. The summed E-state index contributed by atoms with van der Waals surface area (Å²) >= 11 is 0. The van der Waals surface area contributed by atoms with Crippen molar-refractivity contribution in [1.29, 1.82) is 0 Å². The van der Waals surface area contributed by atoms with Gasteiger partial charge >= 0.3 is 0 Å². The zero-order valence-electron chi connectivity index (χ0n) is 11.1. The number of sulfonamides is 1. The quantitative estimate of drug-likeness (QED) is 0.763. The van der Waals surface area contributed by atoms with E-state index in [2.05, 4.69) is 18.7 Å². The minimum atomic E-state index is -3.19. The van der Waals surface area contributed by atoms with E-state index < -0.39 is 15.3 Å². The summed E-state index contributed by atoms with van der Waals surface area (Å²) in [6.07, 6.45) is 1.10. The highest BCUT2D eigenvalue weighted by molar-refractivity contribution is 7.89. The molecule has 0 amide bonds. The van der Waals surface area contributed by atoms with Crippen LogP contribution in [0, 0.1) is 0 Å². The third-order valence-corrected chi connectivity index (χ3v) is 5.98. The summed E-state index contributed by atoms with van der Waals surface area (Å²) in [5.41, 5.74) is 5.45. The van der Waals surface area contributed by atoms with Crippen molar-refractivity contribution in [3.63, 3.8) is 0 Å². The molecule has 0 saturated carbocycles. The van der Waals surface area contributed by atoms with Crippen LogP contribution in [-0.4, -0.2) is 61.6 Å². The maximum atomic E-state index is 12.1. The van der Waals surface area contributed by atoms with E-state index in [4.69, 9.17) is 5.73 Å². The molecule has 102 valence electrons. The number of piperazine rings is 1. The lowest BCUT2D eigenvalue weighted by molar-refractivity contribution is 0.142. The molecule has 0 aromatic rings. The van der Waals surface area contributed by atoms with Gasteiger partial charge in [0.15, 0.2) is 0 Å². The molecule has 1 aliphatic rings. The number of nitrogens with two attached hydrogens (primary N) is 1. The Morgan fingerprint density at radius 1 is 1.18 bits per heavy atom. The molecule has 0 spiro atoms. The van der Waals surface area contributed by atoms with Gasteiger partial charge in [0.1, 0.15) is 0 Å². The SMILES string of the molecule is CCC(C)N1CCN(S(=O)(=O)C(C)CN)CC1. The van der Waals surface area contributed by atoms with Gasteiger partial charge in [-0.1, -0.05) is 6.92 Å². The second-order valence-corrected chi connectivity index (χ2v) is 7.13. The molecule has 1 heterocycles. The molecule has 2 unspecified atom stereocenters. The second-order valence-electron chi connectivity index (χ2n) is 4.78. The maximum absolute atomic E-state index is 12.1. The number of rotatable bonds is 5. The molecule has 0 aromatic carbocycles. The molecule has 2 atom stereocenters. The number of hydrogen-bond acceptors (Lipinski definition) is 4. The van der Waals surface area contributed by atoms with E-state index in [1.54, 1.807) is 11.2 Å². The highest BCUT2D eigenvalue weighted by atomic mass is 32.2. The summed E-state index contributed by atoms with van der Waals surface area (Å²) in [5.74, 6) is 0. The molecule has 2 N–H and O–H groups in total. The van der Waals surface area contributed by atoms with Crippen molar-refractivity contribution in [2.75, 3.05) is 32.7 Å². The van der Waals surface area contributed by atoms with Gasteiger partial charge in [-0.05, 0) is 20.3 Å². The molecule has 0 aliphatic carbocycles. The van der Waals surface area contributed by atoms with Crippen molar-refractivity contribution in [3.05, 3.63) is 0 Å². The molecule has 0 aromatic heterocycles. The highest BCUT2D eigenvalue weighted by Gasteiger charge is 2.31. The minimum absolute atomic E-state index is 0.188. The molecule has 17 heavy (non-hydrogen) atoms. The molecule has 1 aliphatic heterocycles. The zero-order valence-corrected chi connectivity index (χ0v) is 11.9. The van der Waals surface area contributed by atoms with Crippen molar-refractivity contribution >= 4 is 10.0 Å². The van der Waals surface area contributed by atoms with Gasteiger partial charge in [0.25, 0.3) is 0 Å². The van der Waals surface area contributed by atoms with Crippen LogP contribution in [0.2, 0.25) is 0 Å². The first-order valence-electron chi connectivity index (χ1n) is 6.36. The van der Waals surface area contributed by atoms with Gasteiger partial charge in [0.05, 0.1) is 5.25 Å². The van der Waals surface area contributed by atoms with E-state index in [1.807, 2.05) is 0 Å². The topological polar surface area (TPSA) is 66.6 Å². The normalized spacial score (nSPS) is 23.5. The van der Waals surface area contributed by atoms with Gasteiger partial charge in [0.2, 0.25) is 10.0 Å². The molecule has 1 saturated heterocycles. The van der Waals surface area contributed by atoms with Gasteiger partial charge in [-0.2, -0.15) is 4.31 Å². The Bertz CT molecular complexity index is 324. The van der Waals surface area contributed by atoms with Crippen molar-refractivity contribution in [3.8, 4) is 0 Å².